The first-order chi connectivity index (χ1) is 17.3. The van der Waals surface area contributed by atoms with Crippen LogP contribution >= 0.6 is 23.5 Å². The lowest BCUT2D eigenvalue weighted by atomic mass is 9.82. The van der Waals surface area contributed by atoms with E-state index in [9.17, 15) is 43.3 Å². The fraction of sp³-hybridized carbons (Fsp3) is 0.538. The van der Waals surface area contributed by atoms with Crippen molar-refractivity contribution in [3.05, 3.63) is 16.7 Å². The Kier molecular flexibility index (Phi) is 8.10. The Morgan fingerprint density at radius 3 is 2.39 bits per heavy atom. The van der Waals surface area contributed by atoms with Gasteiger partial charge in [0, 0.05) is 0 Å². The highest BCUT2D eigenvalue weighted by Gasteiger charge is 2.70. The maximum Gasteiger partial charge on any atom is 0.490 e. The number of aromatic amines is 1. The maximum absolute atomic E-state index is 12.8. The van der Waals surface area contributed by atoms with Gasteiger partial charge in [-0.05, 0) is 13.0 Å². The Morgan fingerprint density at radius 2 is 1.84 bits per heavy atom. The Morgan fingerprint density at radius 1 is 1.21 bits per heavy atom. The van der Waals surface area contributed by atoms with E-state index in [1.807, 2.05) is 0 Å². The molecule has 2 unspecified atom stereocenters. The first kappa shape index (κ1) is 30.4. The molecule has 0 bridgehead atoms. The number of nitrogens with one attached hydrogen (secondary N) is 1. The number of aliphatic hydroxyl groups excluding tert-OH is 1. The number of carbonyl (C=O) groups excluding carboxylic acids is 1. The van der Waals surface area contributed by atoms with Gasteiger partial charge in [-0.2, -0.15) is 13.6 Å². The normalized spacial score (nSPS) is 29.2. The van der Waals surface area contributed by atoms with E-state index < -0.39 is 95.2 Å². The van der Waals surface area contributed by atoms with Gasteiger partial charge in [0.2, 0.25) is 5.95 Å². The average Bonchev–Trinajstić information content (AvgIpc) is 3.23. The second-order valence-electron chi connectivity index (χ2n) is 7.70. The molecule has 38 heavy (non-hydrogen) atoms. The quantitative estimate of drug-likeness (QED) is 0.109. The zero-order valence-corrected chi connectivity index (χ0v) is 21.3. The number of phosphoric ester groups is 1. The molecule has 1 amide bonds. The van der Waals surface area contributed by atoms with Crippen LogP contribution in [0.25, 0.3) is 11.2 Å². The molecule has 2 aromatic heterocycles. The second kappa shape index (κ2) is 10.1. The highest BCUT2D eigenvalue weighted by Crippen LogP contribution is 2.66. The number of primary amides is 1. The molecule has 0 radical (unpaired) electrons. The molecule has 1 aliphatic heterocycles. The van der Waals surface area contributed by atoms with Crippen molar-refractivity contribution in [2.45, 2.75) is 30.0 Å². The number of hydrogen-bond acceptors (Lipinski definition) is 15. The van der Waals surface area contributed by atoms with E-state index in [1.165, 1.54) is 0 Å². The van der Waals surface area contributed by atoms with Gasteiger partial charge in [0.15, 0.2) is 16.8 Å². The number of rotatable bonds is 11. The lowest BCUT2D eigenvalue weighted by Crippen LogP contribution is -2.64. The smallest absolute Gasteiger partial charge is 0.387 e. The number of imidazole rings is 1. The van der Waals surface area contributed by atoms with E-state index in [0.717, 1.165) is 6.33 Å². The minimum atomic E-state index is -5.88. The Balaban J connectivity index is 2.02. The summed E-state index contributed by atoms with van der Waals surface area (Å²) in [6, 6.07) is 0. The first-order valence-corrected chi connectivity index (χ1v) is 14.4. The van der Waals surface area contributed by atoms with E-state index in [2.05, 4.69) is 28.1 Å². The zero-order valence-electron chi connectivity index (χ0n) is 18.6. The van der Waals surface area contributed by atoms with Crippen LogP contribution in [0.2, 0.25) is 0 Å². The molecule has 214 valence electrons. The summed E-state index contributed by atoms with van der Waals surface area (Å²) in [4.78, 5) is 70.9. The number of hydrogen-bond donors (Lipinski definition) is 10. The number of anilines is 1. The fourth-order valence-electron chi connectivity index (χ4n) is 3.84. The molecule has 25 heteroatoms. The van der Waals surface area contributed by atoms with Crippen molar-refractivity contribution in [3.8, 4) is 0 Å². The molecule has 0 aromatic carbocycles. The number of amides is 1. The summed E-state index contributed by atoms with van der Waals surface area (Å²) >= 11 is 0. The number of aromatic nitrogens is 4. The average molecular weight is 609 g/mol. The molecule has 2 aromatic rings. The van der Waals surface area contributed by atoms with E-state index in [4.69, 9.17) is 31.7 Å². The van der Waals surface area contributed by atoms with Crippen molar-refractivity contribution in [2.24, 2.45) is 11.5 Å². The van der Waals surface area contributed by atoms with Gasteiger partial charge in [-0.3, -0.25) is 23.7 Å². The van der Waals surface area contributed by atoms with Crippen LogP contribution in [0.15, 0.2) is 11.1 Å². The van der Waals surface area contributed by atoms with Crippen LogP contribution in [0, 0.1) is 0 Å². The van der Waals surface area contributed by atoms with Crippen LogP contribution in [-0.2, 0) is 42.1 Å². The summed E-state index contributed by atoms with van der Waals surface area (Å²) in [6.07, 6.45) is -3.99. The molecule has 13 N–H and O–H groups in total. The number of ether oxygens (including phenoxy) is 1. The summed E-state index contributed by atoms with van der Waals surface area (Å²) in [5.74, 6) is -1.94. The third-order valence-corrected chi connectivity index (χ3v) is 8.99. The van der Waals surface area contributed by atoms with Gasteiger partial charge in [0.1, 0.15) is 18.5 Å². The minimum absolute atomic E-state index is 0.398. The van der Waals surface area contributed by atoms with Gasteiger partial charge in [-0.1, -0.05) is 0 Å². The van der Waals surface area contributed by atoms with Crippen LogP contribution in [0.5, 0.6) is 0 Å². The van der Waals surface area contributed by atoms with Crippen molar-refractivity contribution >= 4 is 46.5 Å². The van der Waals surface area contributed by atoms with Crippen LogP contribution in [0.4, 0.5) is 5.95 Å². The summed E-state index contributed by atoms with van der Waals surface area (Å²) in [5, 5.41) is 22.3. The molecule has 1 aliphatic rings. The maximum atomic E-state index is 12.8. The summed E-state index contributed by atoms with van der Waals surface area (Å²) in [5.41, 5.74) is 9.32. The van der Waals surface area contributed by atoms with E-state index >= 15 is 0 Å². The Bertz CT molecular complexity index is 1440. The van der Waals surface area contributed by atoms with E-state index in [1.54, 1.807) is 0 Å². The zero-order chi connectivity index (χ0) is 28.9. The van der Waals surface area contributed by atoms with Crippen molar-refractivity contribution in [1.82, 2.24) is 19.5 Å². The molecule has 3 rings (SSSR count). The topological polar surface area (TPSA) is 368 Å². The molecule has 0 aliphatic carbocycles. The first-order valence-electron chi connectivity index (χ1n) is 9.88. The van der Waals surface area contributed by atoms with Crippen LogP contribution in [0.1, 0.15) is 6.42 Å². The monoisotopic (exact) mass is 609 g/mol. The second-order valence-corrected chi connectivity index (χ2v) is 12.1. The third-order valence-electron chi connectivity index (χ3n) is 5.19. The SMILES string of the molecule is NCC[C@@]1(O)[C@H](O)[C@@H](COP(=O)(O)OP(=O)(O)OP(=O)(O)O)O[C@@]1(C(N)=O)n1cnc2c(=O)[nH]c(N)nc21. The largest absolute Gasteiger partial charge is 0.490 e. The van der Waals surface area contributed by atoms with Gasteiger partial charge in [0.25, 0.3) is 17.2 Å². The molecular formula is C13H22N7O15P3. The number of nitrogens with two attached hydrogens (primary N) is 3. The van der Waals surface area contributed by atoms with Crippen molar-refractivity contribution < 1.29 is 66.2 Å². The highest BCUT2D eigenvalue weighted by molar-refractivity contribution is 7.66. The van der Waals surface area contributed by atoms with Gasteiger partial charge in [-0.15, -0.1) is 0 Å². The number of carbonyl (C=O) groups is 1. The Labute approximate surface area is 209 Å². The van der Waals surface area contributed by atoms with Crippen molar-refractivity contribution in [3.63, 3.8) is 0 Å². The third kappa shape index (κ3) is 5.60. The molecule has 6 atom stereocenters. The summed E-state index contributed by atoms with van der Waals surface area (Å²) in [7, 11) is -17.2. The van der Waals surface area contributed by atoms with Crippen LogP contribution in [0.3, 0.4) is 0 Å². The Hall–Kier alpha value is -2.13. The lowest BCUT2D eigenvalue weighted by Gasteiger charge is -2.39. The van der Waals surface area contributed by atoms with Gasteiger partial charge >= 0.3 is 23.5 Å². The van der Waals surface area contributed by atoms with E-state index in [-0.39, 0.29) is 0 Å². The molecule has 3 heterocycles. The highest BCUT2D eigenvalue weighted by atomic mass is 31.3. The minimum Gasteiger partial charge on any atom is -0.387 e. The van der Waals surface area contributed by atoms with Gasteiger partial charge < -0.3 is 51.7 Å². The lowest BCUT2D eigenvalue weighted by molar-refractivity contribution is -0.199. The number of aliphatic hydroxyl groups is 2. The van der Waals surface area contributed by atoms with Crippen molar-refractivity contribution in [1.29, 1.82) is 0 Å². The predicted molar refractivity (Wildman–Crippen MR) is 119 cm³/mol. The fourth-order valence-corrected chi connectivity index (χ4v) is 6.87. The van der Waals surface area contributed by atoms with Crippen LogP contribution in [-0.4, -0.2) is 86.2 Å². The molecule has 1 fully saturated rings. The van der Waals surface area contributed by atoms with Gasteiger partial charge in [-0.25, -0.2) is 18.7 Å². The summed E-state index contributed by atoms with van der Waals surface area (Å²) in [6.45, 7) is -1.69. The molecule has 0 saturated carbocycles. The number of fused-ring (bicyclic) bond motifs is 1. The van der Waals surface area contributed by atoms with E-state index in [0.29, 0.717) is 4.57 Å². The van der Waals surface area contributed by atoms with Crippen LogP contribution < -0.4 is 22.8 Å². The predicted octanol–water partition coefficient (Wildman–Crippen LogP) is -3.98. The number of nitrogen functional groups attached to an aromatic ring is 1. The standard InChI is InChI=1S/C13H22N7O15P3/c14-2-1-12(24)7(21)5(3-32-37(28,29)35-38(30,31)34-36(25,26)27)33-13(12,10(15)23)20-4-17-6-8(20)18-11(16)19-9(6)22/h4-5,7,21,24H,1-3,14H2,(H2,15,23)(H,28,29)(H,30,31)(H2,25,26,27)(H3,16,18,19,22)/t5-,7-,12-,13-/m1/s1. The molecular weight excluding hydrogens is 587 g/mol. The number of phosphoric acid groups is 3. The number of nitrogens with zero attached hydrogens (tertiary/aromatic N) is 3. The van der Waals surface area contributed by atoms with Gasteiger partial charge in [0.05, 0.1) is 6.61 Å². The van der Waals surface area contributed by atoms with Crippen molar-refractivity contribution in [2.75, 3.05) is 18.9 Å². The summed E-state index contributed by atoms with van der Waals surface area (Å²) < 4.78 is 52.2. The molecule has 0 spiro atoms. The molecule has 1 saturated heterocycles. The number of H-pyrrole nitrogens is 1. The molecule has 22 nitrogen and oxygen atoms in total.